The molecule has 1 atom stereocenters. The minimum atomic E-state index is 0.124. The molecule has 1 unspecified atom stereocenters. The summed E-state index contributed by atoms with van der Waals surface area (Å²) < 4.78 is 5.33. The van der Waals surface area contributed by atoms with Crippen molar-refractivity contribution >= 4 is 5.84 Å². The zero-order chi connectivity index (χ0) is 13.4. The molecule has 0 aliphatic heterocycles. The van der Waals surface area contributed by atoms with Gasteiger partial charge in [0.1, 0.15) is 0 Å². The van der Waals surface area contributed by atoms with E-state index in [-0.39, 0.29) is 11.9 Å². The number of hydrogen-bond acceptors (Lipinski definition) is 4. The maximum atomic E-state index is 8.63. The van der Waals surface area contributed by atoms with Gasteiger partial charge in [0.25, 0.3) is 0 Å². The number of nitrogens with one attached hydrogen (secondary N) is 1. The Morgan fingerprint density at radius 3 is 3.00 bits per heavy atom. The fourth-order valence-corrected chi connectivity index (χ4v) is 1.54. The fourth-order valence-electron chi connectivity index (χ4n) is 1.54. The lowest BCUT2D eigenvalue weighted by Gasteiger charge is -2.13. The maximum Gasteiger partial charge on any atom is 0.170 e. The lowest BCUT2D eigenvalue weighted by Crippen LogP contribution is -2.30. The van der Waals surface area contributed by atoms with Crippen LogP contribution in [0.1, 0.15) is 25.0 Å². The molecule has 1 aromatic carbocycles. The van der Waals surface area contributed by atoms with Crippen LogP contribution in [0.25, 0.3) is 0 Å². The number of hydrogen-bond donors (Lipinski definition) is 3. The van der Waals surface area contributed by atoms with Gasteiger partial charge in [-0.3, -0.25) is 0 Å². The number of nitrogens with two attached hydrogens (primary N) is 1. The first-order valence-electron chi connectivity index (χ1n) is 6.05. The third kappa shape index (κ3) is 4.73. The van der Waals surface area contributed by atoms with Gasteiger partial charge >= 0.3 is 0 Å². The summed E-state index contributed by atoms with van der Waals surface area (Å²) in [5.74, 6) is 0.124. The third-order valence-electron chi connectivity index (χ3n) is 2.56. The monoisotopic (exact) mass is 251 g/mol. The van der Waals surface area contributed by atoms with Gasteiger partial charge in [0, 0.05) is 24.8 Å². The molecule has 0 saturated heterocycles. The van der Waals surface area contributed by atoms with Crippen molar-refractivity contribution in [3.63, 3.8) is 0 Å². The van der Waals surface area contributed by atoms with E-state index in [1.807, 2.05) is 31.2 Å². The van der Waals surface area contributed by atoms with Crippen LogP contribution in [0.15, 0.2) is 29.4 Å². The van der Waals surface area contributed by atoms with Crippen molar-refractivity contribution in [1.29, 1.82) is 0 Å². The molecule has 0 radical (unpaired) electrons. The van der Waals surface area contributed by atoms with Crippen LogP contribution in [0.3, 0.4) is 0 Å². The molecule has 0 fully saturated rings. The van der Waals surface area contributed by atoms with Crippen LogP contribution in [0.5, 0.6) is 0 Å². The molecule has 0 aliphatic rings. The summed E-state index contributed by atoms with van der Waals surface area (Å²) in [5, 5.41) is 15.0. The fraction of sp³-hybridized carbons (Fsp3) is 0.462. The predicted molar refractivity (Wildman–Crippen MR) is 71.7 cm³/mol. The van der Waals surface area contributed by atoms with Crippen LogP contribution in [0, 0.1) is 0 Å². The van der Waals surface area contributed by atoms with E-state index >= 15 is 0 Å². The second-order valence-corrected chi connectivity index (χ2v) is 4.13. The van der Waals surface area contributed by atoms with E-state index in [0.717, 1.165) is 18.7 Å². The molecule has 0 spiro atoms. The molecule has 5 heteroatoms. The van der Waals surface area contributed by atoms with E-state index in [4.69, 9.17) is 15.7 Å². The van der Waals surface area contributed by atoms with Gasteiger partial charge in [-0.15, -0.1) is 0 Å². The van der Waals surface area contributed by atoms with E-state index < -0.39 is 0 Å². The number of ether oxygens (including phenoxy) is 1. The van der Waals surface area contributed by atoms with E-state index in [2.05, 4.69) is 17.4 Å². The summed E-state index contributed by atoms with van der Waals surface area (Å²) in [6, 6.07) is 7.88. The van der Waals surface area contributed by atoms with Crippen LogP contribution in [0.2, 0.25) is 0 Å². The number of nitrogens with zero attached hydrogens (tertiary/aromatic N) is 1. The zero-order valence-corrected chi connectivity index (χ0v) is 10.9. The Kier molecular flexibility index (Phi) is 6.18. The Balaban J connectivity index is 2.52. The number of amidine groups is 1. The summed E-state index contributed by atoms with van der Waals surface area (Å²) in [5.41, 5.74) is 7.35. The molecule has 0 amide bonds. The summed E-state index contributed by atoms with van der Waals surface area (Å²) in [6.45, 7) is 6.19. The Morgan fingerprint density at radius 1 is 1.56 bits per heavy atom. The minimum absolute atomic E-state index is 0.124. The Labute approximate surface area is 108 Å². The maximum absolute atomic E-state index is 8.63. The first-order chi connectivity index (χ1) is 8.67. The molecular formula is C13H21N3O2. The molecule has 0 heterocycles. The van der Waals surface area contributed by atoms with Crippen LogP contribution < -0.4 is 11.1 Å². The lowest BCUT2D eigenvalue weighted by molar-refractivity contribution is 0.127. The largest absolute Gasteiger partial charge is 0.409 e. The van der Waals surface area contributed by atoms with E-state index in [1.165, 1.54) is 0 Å². The van der Waals surface area contributed by atoms with E-state index in [0.29, 0.717) is 12.2 Å². The average Bonchev–Trinajstić information content (AvgIpc) is 2.42. The molecule has 0 aromatic heterocycles. The standard InChI is InChI=1S/C13H21N3O2/c1-3-18-9-10(2)15-8-11-5-4-6-12(7-11)13(14)16-17/h4-7,10,15,17H,3,8-9H2,1-2H3,(H2,14,16). The molecule has 0 bridgehead atoms. The van der Waals surface area contributed by atoms with Gasteiger partial charge in [-0.1, -0.05) is 23.4 Å². The molecule has 1 aromatic rings. The van der Waals surface area contributed by atoms with Gasteiger partial charge in [0.05, 0.1) is 6.61 Å². The highest BCUT2D eigenvalue weighted by atomic mass is 16.5. The molecule has 1 rings (SSSR count). The Morgan fingerprint density at radius 2 is 2.33 bits per heavy atom. The van der Waals surface area contributed by atoms with Crippen molar-refractivity contribution in [2.24, 2.45) is 10.9 Å². The third-order valence-corrected chi connectivity index (χ3v) is 2.56. The second-order valence-electron chi connectivity index (χ2n) is 4.13. The summed E-state index contributed by atoms with van der Waals surface area (Å²) in [7, 11) is 0. The quantitative estimate of drug-likeness (QED) is 0.295. The highest BCUT2D eigenvalue weighted by Gasteiger charge is 2.03. The van der Waals surface area contributed by atoms with E-state index in [1.54, 1.807) is 0 Å². The van der Waals surface area contributed by atoms with Crippen molar-refractivity contribution < 1.29 is 9.94 Å². The molecule has 5 nitrogen and oxygen atoms in total. The highest BCUT2D eigenvalue weighted by molar-refractivity contribution is 5.97. The molecule has 100 valence electrons. The lowest BCUT2D eigenvalue weighted by atomic mass is 10.1. The first-order valence-corrected chi connectivity index (χ1v) is 6.05. The summed E-state index contributed by atoms with van der Waals surface area (Å²) in [6.07, 6.45) is 0. The van der Waals surface area contributed by atoms with Gasteiger partial charge in [-0.25, -0.2) is 0 Å². The van der Waals surface area contributed by atoms with Crippen molar-refractivity contribution in [1.82, 2.24) is 5.32 Å². The van der Waals surface area contributed by atoms with Gasteiger partial charge in [-0.05, 0) is 25.5 Å². The van der Waals surface area contributed by atoms with Crippen LogP contribution in [0.4, 0.5) is 0 Å². The number of benzene rings is 1. The highest BCUT2D eigenvalue weighted by Crippen LogP contribution is 2.05. The Hall–Kier alpha value is -1.59. The molecule has 0 aliphatic carbocycles. The molecule has 4 N–H and O–H groups in total. The molecule has 18 heavy (non-hydrogen) atoms. The van der Waals surface area contributed by atoms with Crippen molar-refractivity contribution in [3.8, 4) is 0 Å². The van der Waals surface area contributed by atoms with Crippen LogP contribution in [-0.4, -0.2) is 30.3 Å². The molecule has 0 saturated carbocycles. The first kappa shape index (κ1) is 14.5. The van der Waals surface area contributed by atoms with Gasteiger partial charge in [0.15, 0.2) is 5.84 Å². The Bertz CT molecular complexity index is 394. The second kappa shape index (κ2) is 7.68. The topological polar surface area (TPSA) is 79.9 Å². The zero-order valence-electron chi connectivity index (χ0n) is 10.9. The summed E-state index contributed by atoms with van der Waals surface area (Å²) in [4.78, 5) is 0. The summed E-state index contributed by atoms with van der Waals surface area (Å²) >= 11 is 0. The normalized spacial score (nSPS) is 13.6. The SMILES string of the molecule is CCOCC(C)NCc1cccc(/C(N)=N/O)c1. The van der Waals surface area contributed by atoms with Crippen molar-refractivity contribution in [3.05, 3.63) is 35.4 Å². The minimum Gasteiger partial charge on any atom is -0.409 e. The van der Waals surface area contributed by atoms with E-state index in [9.17, 15) is 0 Å². The van der Waals surface area contributed by atoms with Crippen molar-refractivity contribution in [2.45, 2.75) is 26.4 Å². The van der Waals surface area contributed by atoms with Crippen molar-refractivity contribution in [2.75, 3.05) is 13.2 Å². The predicted octanol–water partition coefficient (Wildman–Crippen LogP) is 1.30. The van der Waals surface area contributed by atoms with Crippen LogP contribution >= 0.6 is 0 Å². The number of rotatable bonds is 7. The molecular weight excluding hydrogens is 230 g/mol. The smallest absolute Gasteiger partial charge is 0.170 e. The average molecular weight is 251 g/mol. The van der Waals surface area contributed by atoms with Gasteiger partial charge in [-0.2, -0.15) is 0 Å². The van der Waals surface area contributed by atoms with Gasteiger partial charge in [0.2, 0.25) is 0 Å². The van der Waals surface area contributed by atoms with Crippen LogP contribution in [-0.2, 0) is 11.3 Å². The van der Waals surface area contributed by atoms with Gasteiger partial charge < -0.3 is 21.0 Å². The number of oxime groups is 1.